The molecule has 0 aliphatic carbocycles. The Hall–Kier alpha value is -4.77. The fourth-order valence-corrected chi connectivity index (χ4v) is 5.85. The normalized spacial score (nSPS) is 18.0. The summed E-state index contributed by atoms with van der Waals surface area (Å²) in [5.74, 6) is 0.103. The lowest BCUT2D eigenvalue weighted by molar-refractivity contribution is -0.117. The Balaban J connectivity index is 0.000000176. The molecule has 1 unspecified atom stereocenters. The number of hydrogen-bond donors (Lipinski definition) is 1. The fourth-order valence-electron chi connectivity index (χ4n) is 5.85. The summed E-state index contributed by atoms with van der Waals surface area (Å²) in [5.41, 5.74) is 5.43. The number of fused-ring (bicyclic) bond motifs is 2. The first-order valence-electron chi connectivity index (χ1n) is 16.2. The van der Waals surface area contributed by atoms with Crippen LogP contribution in [0.15, 0.2) is 36.4 Å². The number of carbonyl (C=O) groups excluding carboxylic acids is 3. The SMILES string of the molecule is CC(C)(C)OC(=O)N1CCC(=O)C1.CC(C)(C)OC(=O)N1CCC(N2CCc3cc(C#N)ccc32)C1.N#Cc1ccc2c(c1)CCN2. The molecule has 2 saturated heterocycles. The second-order valence-corrected chi connectivity index (χ2v) is 14.1. The molecule has 1 N–H and O–H groups in total. The van der Waals surface area contributed by atoms with Crippen molar-refractivity contribution in [3.05, 3.63) is 58.7 Å². The van der Waals surface area contributed by atoms with Crippen molar-refractivity contribution in [2.75, 3.05) is 49.5 Å². The summed E-state index contributed by atoms with van der Waals surface area (Å²) >= 11 is 0. The first-order valence-corrected chi connectivity index (χ1v) is 16.2. The average Bonchev–Trinajstić information content (AvgIpc) is 3.81. The van der Waals surface area contributed by atoms with Crippen molar-refractivity contribution in [2.24, 2.45) is 0 Å². The minimum atomic E-state index is -0.483. The third-order valence-corrected chi connectivity index (χ3v) is 8.02. The van der Waals surface area contributed by atoms with Crippen molar-refractivity contribution in [2.45, 2.75) is 84.5 Å². The Morgan fingerprint density at radius 3 is 2.02 bits per heavy atom. The highest BCUT2D eigenvalue weighted by Crippen LogP contribution is 2.33. The molecule has 2 amide bonds. The maximum atomic E-state index is 12.2. The number of hydrogen-bond acceptors (Lipinski definition) is 9. The second kappa shape index (κ2) is 14.8. The standard InChI is InChI=1S/C18H23N3O2.C9H8N2.C9H15NO3/c1-18(2,3)23-17(22)20-8-7-15(12-20)21-9-6-14-10-13(11-19)4-5-16(14)21;10-6-7-1-2-9-8(5-7)3-4-11-9;1-9(2,3)13-8(12)10-5-4-7(11)6-10/h4-5,10,15H,6-9,12H2,1-3H3;1-2,5,11H,3-4H2;4-6H2,1-3H3. The first kappa shape index (κ1) is 35.1. The summed E-state index contributed by atoms with van der Waals surface area (Å²) < 4.78 is 10.6. The Morgan fingerprint density at radius 2 is 1.43 bits per heavy atom. The molecule has 2 aromatic rings. The smallest absolute Gasteiger partial charge is 0.410 e. The van der Waals surface area contributed by atoms with Crippen molar-refractivity contribution in [3.8, 4) is 12.1 Å². The van der Waals surface area contributed by atoms with Gasteiger partial charge >= 0.3 is 12.2 Å². The molecule has 0 bridgehead atoms. The van der Waals surface area contributed by atoms with Gasteiger partial charge in [0.25, 0.3) is 0 Å². The van der Waals surface area contributed by atoms with Crippen LogP contribution in [0.2, 0.25) is 0 Å². The molecule has 0 spiro atoms. The maximum Gasteiger partial charge on any atom is 0.410 e. The minimum absolute atomic E-state index is 0.103. The van der Waals surface area contributed by atoms with E-state index in [2.05, 4.69) is 22.4 Å². The molecule has 11 nitrogen and oxygen atoms in total. The van der Waals surface area contributed by atoms with Gasteiger partial charge in [-0.2, -0.15) is 10.5 Å². The van der Waals surface area contributed by atoms with Crippen LogP contribution in [-0.4, -0.2) is 84.3 Å². The zero-order valence-corrected chi connectivity index (χ0v) is 28.4. The van der Waals surface area contributed by atoms with Crippen LogP contribution in [0.4, 0.5) is 21.0 Å². The van der Waals surface area contributed by atoms with E-state index in [4.69, 9.17) is 20.0 Å². The molecule has 11 heteroatoms. The highest BCUT2D eigenvalue weighted by Gasteiger charge is 2.35. The predicted molar refractivity (Wildman–Crippen MR) is 179 cm³/mol. The van der Waals surface area contributed by atoms with Gasteiger partial charge in [0.2, 0.25) is 0 Å². The van der Waals surface area contributed by atoms with E-state index in [0.29, 0.717) is 31.1 Å². The summed E-state index contributed by atoms with van der Waals surface area (Å²) in [6.45, 7) is 15.2. The number of nitrogens with zero attached hydrogens (tertiary/aromatic N) is 5. The van der Waals surface area contributed by atoms with Gasteiger partial charge in [-0.1, -0.05) is 0 Å². The number of rotatable bonds is 1. The average molecular weight is 643 g/mol. The minimum Gasteiger partial charge on any atom is -0.444 e. The van der Waals surface area contributed by atoms with Crippen LogP contribution in [-0.2, 0) is 27.1 Å². The maximum absolute atomic E-state index is 12.2. The van der Waals surface area contributed by atoms with Gasteiger partial charge in [0.15, 0.2) is 5.78 Å². The molecule has 1 atom stereocenters. The number of benzene rings is 2. The quantitative estimate of drug-likeness (QED) is 0.418. The van der Waals surface area contributed by atoms with Gasteiger partial charge in [-0.05, 0) is 108 Å². The topological polar surface area (TPSA) is 139 Å². The van der Waals surface area contributed by atoms with Gasteiger partial charge in [0.05, 0.1) is 29.8 Å². The molecule has 4 heterocycles. The van der Waals surface area contributed by atoms with Crippen LogP contribution >= 0.6 is 0 Å². The van der Waals surface area contributed by atoms with Crippen molar-refractivity contribution in [3.63, 3.8) is 0 Å². The lowest BCUT2D eigenvalue weighted by Gasteiger charge is -2.28. The van der Waals surface area contributed by atoms with Crippen LogP contribution in [0.3, 0.4) is 0 Å². The molecule has 6 rings (SSSR count). The van der Waals surface area contributed by atoms with Crippen molar-refractivity contribution >= 4 is 29.3 Å². The highest BCUT2D eigenvalue weighted by molar-refractivity contribution is 5.87. The Bertz CT molecular complexity index is 1560. The molecule has 0 radical (unpaired) electrons. The van der Waals surface area contributed by atoms with Gasteiger partial charge in [0.1, 0.15) is 11.2 Å². The Morgan fingerprint density at radius 1 is 0.809 bits per heavy atom. The van der Waals surface area contributed by atoms with E-state index in [9.17, 15) is 14.4 Å². The molecular formula is C36H46N6O5. The van der Waals surface area contributed by atoms with Crippen molar-refractivity contribution < 1.29 is 23.9 Å². The van der Waals surface area contributed by atoms with E-state index >= 15 is 0 Å². The molecule has 2 aromatic carbocycles. The number of nitriles is 2. The van der Waals surface area contributed by atoms with Crippen molar-refractivity contribution in [1.29, 1.82) is 10.5 Å². The molecule has 4 aliphatic heterocycles. The van der Waals surface area contributed by atoms with E-state index in [0.717, 1.165) is 44.5 Å². The van der Waals surface area contributed by atoms with E-state index < -0.39 is 17.3 Å². The lowest BCUT2D eigenvalue weighted by Crippen LogP contribution is -2.40. The number of Topliss-reactive ketones (excluding diaryl/α,β-unsaturated/α-hetero) is 1. The number of likely N-dealkylation sites (tertiary alicyclic amines) is 2. The summed E-state index contributed by atoms with van der Waals surface area (Å²) in [6, 6.07) is 16.3. The Kier molecular flexibility index (Phi) is 11.0. The van der Waals surface area contributed by atoms with Gasteiger partial charge in [-0.15, -0.1) is 0 Å². The number of ketones is 1. The number of anilines is 2. The Labute approximate surface area is 278 Å². The van der Waals surface area contributed by atoms with E-state index in [1.54, 1.807) is 4.90 Å². The van der Waals surface area contributed by atoms with Crippen molar-refractivity contribution in [1.82, 2.24) is 9.80 Å². The summed E-state index contributed by atoms with van der Waals surface area (Å²) in [4.78, 5) is 40.0. The third kappa shape index (κ3) is 9.86. The molecule has 47 heavy (non-hydrogen) atoms. The van der Waals surface area contributed by atoms with Gasteiger partial charge in [-0.25, -0.2) is 9.59 Å². The van der Waals surface area contributed by atoms with Crippen LogP contribution in [0, 0.1) is 22.7 Å². The molecule has 0 saturated carbocycles. The summed E-state index contributed by atoms with van der Waals surface area (Å²) in [6.07, 6.45) is 2.81. The number of ether oxygens (including phenoxy) is 2. The van der Waals surface area contributed by atoms with Crippen LogP contribution in [0.1, 0.15) is 76.6 Å². The highest BCUT2D eigenvalue weighted by atomic mass is 16.6. The van der Waals surface area contributed by atoms with E-state index in [1.807, 2.05) is 77.9 Å². The molecule has 0 aromatic heterocycles. The number of amides is 2. The second-order valence-electron chi connectivity index (χ2n) is 14.1. The number of nitrogens with one attached hydrogen (secondary N) is 1. The van der Waals surface area contributed by atoms with Crippen LogP contribution < -0.4 is 10.2 Å². The van der Waals surface area contributed by atoms with Gasteiger partial charge in [0, 0.05) is 56.6 Å². The van der Waals surface area contributed by atoms with E-state index in [-0.39, 0.29) is 18.4 Å². The van der Waals surface area contributed by atoms with Gasteiger partial charge in [-0.3, -0.25) is 4.79 Å². The molecule has 4 aliphatic rings. The molecule has 2 fully saturated rings. The fraction of sp³-hybridized carbons (Fsp3) is 0.528. The lowest BCUT2D eigenvalue weighted by atomic mass is 10.1. The third-order valence-electron chi connectivity index (χ3n) is 8.02. The molecular weight excluding hydrogens is 596 g/mol. The van der Waals surface area contributed by atoms with Gasteiger partial charge < -0.3 is 29.5 Å². The zero-order valence-electron chi connectivity index (χ0n) is 28.4. The monoisotopic (exact) mass is 642 g/mol. The largest absolute Gasteiger partial charge is 0.444 e. The predicted octanol–water partition coefficient (Wildman–Crippen LogP) is 5.65. The number of carbonyl (C=O) groups is 3. The first-order chi connectivity index (χ1) is 22.2. The van der Waals surface area contributed by atoms with Crippen LogP contribution in [0.5, 0.6) is 0 Å². The summed E-state index contributed by atoms with van der Waals surface area (Å²) in [5, 5.41) is 20.9. The van der Waals surface area contributed by atoms with E-state index in [1.165, 1.54) is 27.4 Å². The summed E-state index contributed by atoms with van der Waals surface area (Å²) in [7, 11) is 0. The zero-order chi connectivity index (χ0) is 34.4. The van der Waals surface area contributed by atoms with Crippen LogP contribution in [0.25, 0.3) is 0 Å². The molecule has 250 valence electrons.